The van der Waals surface area contributed by atoms with Gasteiger partial charge in [0.25, 0.3) is 0 Å². The molecule has 25 heavy (non-hydrogen) atoms. The van der Waals surface area contributed by atoms with Gasteiger partial charge in [-0.15, -0.1) is 0 Å². The third kappa shape index (κ3) is 3.37. The lowest BCUT2D eigenvalue weighted by Crippen LogP contribution is -2.53. The summed E-state index contributed by atoms with van der Waals surface area (Å²) in [6, 6.07) is 7.39. The van der Waals surface area contributed by atoms with E-state index in [9.17, 15) is 4.79 Å². The largest absolute Gasteiger partial charge is 0.371 e. The predicted molar refractivity (Wildman–Crippen MR) is 92.2 cm³/mol. The molecule has 132 valence electrons. The maximum absolute atomic E-state index is 12.7. The lowest BCUT2D eigenvalue weighted by atomic mass is 10.00. The summed E-state index contributed by atoms with van der Waals surface area (Å²) in [5, 5.41) is 6.90. The van der Waals surface area contributed by atoms with Gasteiger partial charge >= 0.3 is 6.03 Å². The first-order valence-electron chi connectivity index (χ1n) is 8.74. The lowest BCUT2D eigenvalue weighted by Gasteiger charge is -2.40. The number of nitrogens with one attached hydrogen (secondary N) is 1. The van der Waals surface area contributed by atoms with E-state index in [-0.39, 0.29) is 11.6 Å². The maximum atomic E-state index is 12.7. The Labute approximate surface area is 146 Å². The molecule has 1 aliphatic carbocycles. The Morgan fingerprint density at radius 1 is 1.32 bits per heavy atom. The molecule has 7 heteroatoms. The van der Waals surface area contributed by atoms with Crippen LogP contribution in [-0.2, 0) is 4.74 Å². The Hall–Kier alpha value is -2.41. The monoisotopic (exact) mass is 342 g/mol. The van der Waals surface area contributed by atoms with E-state index in [0.717, 1.165) is 24.1 Å². The SMILES string of the molecule is Cc1nc(-c2cccc(NC(=O)N3CCOC4(CCCC4)C3)c2)no1. The summed E-state index contributed by atoms with van der Waals surface area (Å²) in [5.74, 6) is 1.03. The molecule has 1 saturated carbocycles. The Kier molecular flexibility index (Phi) is 4.17. The van der Waals surface area contributed by atoms with Gasteiger partial charge in [-0.1, -0.05) is 30.1 Å². The summed E-state index contributed by atoms with van der Waals surface area (Å²) in [7, 11) is 0. The van der Waals surface area contributed by atoms with Crippen molar-refractivity contribution in [3.63, 3.8) is 0 Å². The second-order valence-electron chi connectivity index (χ2n) is 6.81. The van der Waals surface area contributed by atoms with E-state index in [1.807, 2.05) is 29.2 Å². The van der Waals surface area contributed by atoms with Crippen molar-refractivity contribution in [3.05, 3.63) is 30.2 Å². The van der Waals surface area contributed by atoms with Crippen LogP contribution in [0.25, 0.3) is 11.4 Å². The van der Waals surface area contributed by atoms with Gasteiger partial charge in [0, 0.05) is 24.7 Å². The van der Waals surface area contributed by atoms with Gasteiger partial charge in [-0.3, -0.25) is 0 Å². The molecule has 1 N–H and O–H groups in total. The third-order valence-corrected chi connectivity index (χ3v) is 4.95. The fraction of sp³-hybridized carbons (Fsp3) is 0.500. The zero-order chi connectivity index (χ0) is 17.3. The number of benzene rings is 1. The highest BCUT2D eigenvalue weighted by Crippen LogP contribution is 2.36. The second-order valence-corrected chi connectivity index (χ2v) is 6.81. The van der Waals surface area contributed by atoms with Gasteiger partial charge in [0.05, 0.1) is 18.8 Å². The average Bonchev–Trinajstić information content (AvgIpc) is 3.25. The molecule has 2 fully saturated rings. The molecule has 4 rings (SSSR count). The number of morpholine rings is 1. The van der Waals surface area contributed by atoms with Crippen molar-refractivity contribution in [2.75, 3.05) is 25.0 Å². The average molecular weight is 342 g/mol. The van der Waals surface area contributed by atoms with E-state index in [2.05, 4.69) is 15.5 Å². The number of carbonyl (C=O) groups excluding carboxylic acids is 1. The number of hydrogen-bond acceptors (Lipinski definition) is 5. The second kappa shape index (κ2) is 6.48. The highest BCUT2D eigenvalue weighted by Gasteiger charge is 2.40. The van der Waals surface area contributed by atoms with Crippen molar-refractivity contribution in [2.24, 2.45) is 0 Å². The number of carbonyl (C=O) groups is 1. The number of rotatable bonds is 2. The molecule has 0 unspecified atom stereocenters. The Morgan fingerprint density at radius 3 is 2.92 bits per heavy atom. The van der Waals surface area contributed by atoms with Gasteiger partial charge in [0.1, 0.15) is 0 Å². The van der Waals surface area contributed by atoms with Crippen LogP contribution in [-0.4, -0.2) is 46.4 Å². The summed E-state index contributed by atoms with van der Waals surface area (Å²) in [6.45, 7) is 3.65. The summed E-state index contributed by atoms with van der Waals surface area (Å²) < 4.78 is 11.0. The first kappa shape index (κ1) is 16.1. The first-order chi connectivity index (χ1) is 12.1. The van der Waals surface area contributed by atoms with Crippen LogP contribution in [0.4, 0.5) is 10.5 Å². The zero-order valence-corrected chi connectivity index (χ0v) is 14.3. The molecular weight excluding hydrogens is 320 g/mol. The minimum atomic E-state index is -0.125. The summed E-state index contributed by atoms with van der Waals surface area (Å²) in [4.78, 5) is 18.8. The van der Waals surface area contributed by atoms with Crippen molar-refractivity contribution >= 4 is 11.7 Å². The van der Waals surface area contributed by atoms with Crippen LogP contribution in [0, 0.1) is 6.92 Å². The fourth-order valence-corrected chi connectivity index (χ4v) is 3.70. The molecule has 1 aliphatic heterocycles. The van der Waals surface area contributed by atoms with Gasteiger partial charge in [0.15, 0.2) is 0 Å². The number of aromatic nitrogens is 2. The van der Waals surface area contributed by atoms with E-state index >= 15 is 0 Å². The topological polar surface area (TPSA) is 80.5 Å². The number of hydrogen-bond donors (Lipinski definition) is 1. The lowest BCUT2D eigenvalue weighted by molar-refractivity contribution is -0.0914. The van der Waals surface area contributed by atoms with Crippen LogP contribution in [0.1, 0.15) is 31.6 Å². The fourth-order valence-electron chi connectivity index (χ4n) is 3.70. The molecule has 1 saturated heterocycles. The zero-order valence-electron chi connectivity index (χ0n) is 14.3. The van der Waals surface area contributed by atoms with E-state index in [4.69, 9.17) is 9.26 Å². The molecule has 0 radical (unpaired) electrons. The van der Waals surface area contributed by atoms with Crippen LogP contribution in [0.2, 0.25) is 0 Å². The van der Waals surface area contributed by atoms with E-state index in [1.54, 1.807) is 6.92 Å². The highest BCUT2D eigenvalue weighted by atomic mass is 16.5. The van der Waals surface area contributed by atoms with Crippen molar-refractivity contribution in [1.29, 1.82) is 0 Å². The molecule has 7 nitrogen and oxygen atoms in total. The van der Waals surface area contributed by atoms with Crippen LogP contribution in [0.15, 0.2) is 28.8 Å². The van der Waals surface area contributed by atoms with Gasteiger partial charge in [-0.2, -0.15) is 4.98 Å². The Bertz CT molecular complexity index is 767. The van der Waals surface area contributed by atoms with Gasteiger partial charge in [-0.25, -0.2) is 4.79 Å². The highest BCUT2D eigenvalue weighted by molar-refractivity contribution is 5.90. The Morgan fingerprint density at radius 2 is 2.16 bits per heavy atom. The van der Waals surface area contributed by atoms with Crippen LogP contribution in [0.3, 0.4) is 0 Å². The first-order valence-corrected chi connectivity index (χ1v) is 8.74. The number of aryl methyl sites for hydroxylation is 1. The molecule has 2 aromatic rings. The number of urea groups is 1. The number of anilines is 1. The minimum Gasteiger partial charge on any atom is -0.371 e. The van der Waals surface area contributed by atoms with Gasteiger partial charge < -0.3 is 19.5 Å². The van der Waals surface area contributed by atoms with E-state index in [1.165, 1.54) is 12.8 Å². The normalized spacial score (nSPS) is 19.3. The van der Waals surface area contributed by atoms with Gasteiger partial charge in [0.2, 0.25) is 11.7 Å². The smallest absolute Gasteiger partial charge is 0.322 e. The van der Waals surface area contributed by atoms with E-state index in [0.29, 0.717) is 31.4 Å². The molecule has 2 amide bonds. The quantitative estimate of drug-likeness (QED) is 0.906. The van der Waals surface area contributed by atoms with Crippen molar-refractivity contribution in [1.82, 2.24) is 15.0 Å². The number of ether oxygens (including phenoxy) is 1. The standard InChI is InChI=1S/C18H22N4O3/c1-13-19-16(21-25-13)14-5-4-6-15(11-14)20-17(23)22-9-10-24-18(12-22)7-2-3-8-18/h4-6,11H,2-3,7-10,12H2,1H3,(H,20,23). The number of amides is 2. The van der Waals surface area contributed by atoms with Crippen LogP contribution in [0.5, 0.6) is 0 Å². The molecule has 0 atom stereocenters. The minimum absolute atomic E-state index is 0.0870. The predicted octanol–water partition coefficient (Wildman–Crippen LogP) is 3.22. The molecule has 2 aliphatic rings. The molecule has 2 heterocycles. The molecular formula is C18H22N4O3. The number of nitrogens with zero attached hydrogens (tertiary/aromatic N) is 3. The molecule has 0 bridgehead atoms. The Balaban J connectivity index is 1.45. The van der Waals surface area contributed by atoms with Crippen LogP contribution < -0.4 is 5.32 Å². The summed E-state index contributed by atoms with van der Waals surface area (Å²) in [5.41, 5.74) is 1.40. The van der Waals surface area contributed by atoms with Crippen molar-refractivity contribution in [2.45, 2.75) is 38.2 Å². The van der Waals surface area contributed by atoms with E-state index < -0.39 is 0 Å². The molecule has 1 aromatic carbocycles. The maximum Gasteiger partial charge on any atom is 0.322 e. The summed E-state index contributed by atoms with van der Waals surface area (Å²) >= 11 is 0. The van der Waals surface area contributed by atoms with Gasteiger partial charge in [-0.05, 0) is 25.0 Å². The van der Waals surface area contributed by atoms with Crippen molar-refractivity contribution in [3.8, 4) is 11.4 Å². The van der Waals surface area contributed by atoms with Crippen LogP contribution >= 0.6 is 0 Å². The molecule has 1 spiro atoms. The third-order valence-electron chi connectivity index (χ3n) is 4.95. The van der Waals surface area contributed by atoms with Crippen molar-refractivity contribution < 1.29 is 14.1 Å². The molecule has 1 aromatic heterocycles. The summed E-state index contributed by atoms with van der Waals surface area (Å²) in [6.07, 6.45) is 4.45.